The van der Waals surface area contributed by atoms with Crippen molar-refractivity contribution in [3.8, 4) is 5.75 Å². The molecule has 4 aromatic rings. The molecule has 1 aliphatic carbocycles. The van der Waals surface area contributed by atoms with Gasteiger partial charge in [0.2, 0.25) is 11.8 Å². The Bertz CT molecular complexity index is 2150. The summed E-state index contributed by atoms with van der Waals surface area (Å²) in [6.07, 6.45) is 4.86. The van der Waals surface area contributed by atoms with Crippen LogP contribution in [0.4, 0.5) is 0 Å². The Morgan fingerprint density at radius 3 is 2.05 bits per heavy atom. The number of phenolic OH excluding ortho intramolecular Hbond substituents is 1. The van der Waals surface area contributed by atoms with Crippen molar-refractivity contribution in [3.63, 3.8) is 0 Å². The first kappa shape index (κ1) is 43.0. The number of phenols is 1. The first-order valence-corrected chi connectivity index (χ1v) is 23.2. The van der Waals surface area contributed by atoms with Gasteiger partial charge in [-0.05, 0) is 99.7 Å². The number of likely N-dealkylation sites (tertiary alicyclic amines) is 1. The van der Waals surface area contributed by atoms with E-state index in [4.69, 9.17) is 14.2 Å². The molecule has 4 atom stereocenters. The fourth-order valence-corrected chi connectivity index (χ4v) is 14.4. The summed E-state index contributed by atoms with van der Waals surface area (Å²) in [6.45, 7) is 7.19. The van der Waals surface area contributed by atoms with Crippen LogP contribution in [-0.2, 0) is 23.5 Å². The lowest BCUT2D eigenvalue weighted by Crippen LogP contribution is -2.66. The zero-order chi connectivity index (χ0) is 42.4. The summed E-state index contributed by atoms with van der Waals surface area (Å²) in [5, 5.41) is 32.5. The van der Waals surface area contributed by atoms with Gasteiger partial charge in [-0.15, -0.1) is 0 Å². The molecule has 11 heteroatoms. The molecule has 0 aromatic heterocycles. The molecule has 2 aliphatic heterocycles. The van der Waals surface area contributed by atoms with Gasteiger partial charge in [-0.1, -0.05) is 136 Å². The van der Waals surface area contributed by atoms with Gasteiger partial charge in [0.15, 0.2) is 0 Å². The summed E-state index contributed by atoms with van der Waals surface area (Å²) in [6, 6.07) is 38.1. The van der Waals surface area contributed by atoms with Crippen LogP contribution in [0.25, 0.3) is 11.6 Å². The maximum Gasteiger partial charge on any atom is 0.455 e. The van der Waals surface area contributed by atoms with E-state index in [2.05, 4.69) is 87.5 Å². The van der Waals surface area contributed by atoms with Crippen LogP contribution in [0.5, 0.6) is 5.75 Å². The van der Waals surface area contributed by atoms with E-state index in [-0.39, 0.29) is 48.5 Å². The second-order valence-electron chi connectivity index (χ2n) is 17.5. The van der Waals surface area contributed by atoms with Crippen LogP contribution in [0.2, 0.25) is 11.4 Å². The van der Waals surface area contributed by atoms with Crippen LogP contribution >= 0.6 is 0 Å². The Morgan fingerprint density at radius 2 is 1.45 bits per heavy atom. The highest BCUT2D eigenvalue weighted by Gasteiger charge is 2.58. The van der Waals surface area contributed by atoms with Crippen LogP contribution in [0.3, 0.4) is 0 Å². The third-order valence-electron chi connectivity index (χ3n) is 12.6. The number of hydrogen-bond acceptors (Lipinski definition) is 7. The minimum absolute atomic E-state index is 0.0482. The summed E-state index contributed by atoms with van der Waals surface area (Å²) in [7, 11) is -4.15. The monoisotopic (exact) mass is 825 g/mol. The first-order chi connectivity index (χ1) is 28.9. The molecule has 7 rings (SSSR count). The smallest absolute Gasteiger partial charge is 0.455 e. The Hall–Kier alpha value is -5.07. The maximum absolute atomic E-state index is 14.4. The number of carboxylic acids is 1. The minimum atomic E-state index is -3.02. The van der Waals surface area contributed by atoms with Crippen molar-refractivity contribution in [2.45, 2.75) is 83.2 Å². The van der Waals surface area contributed by atoms with Crippen LogP contribution in [0, 0.1) is 17.8 Å². The Kier molecular flexibility index (Phi) is 13.4. The van der Waals surface area contributed by atoms with Crippen molar-refractivity contribution in [2.24, 2.45) is 17.8 Å². The lowest BCUT2D eigenvalue weighted by atomic mass is 9.58. The molecule has 3 N–H and O–H groups in total. The molecule has 2 amide bonds. The van der Waals surface area contributed by atoms with E-state index < -0.39 is 45.3 Å². The van der Waals surface area contributed by atoms with Gasteiger partial charge in [-0.2, -0.15) is 0 Å². The quantitative estimate of drug-likeness (QED) is 0.0344. The largest absolute Gasteiger partial charge is 0.508 e. The first-order valence-electron chi connectivity index (χ1n) is 21.3. The van der Waals surface area contributed by atoms with E-state index in [9.17, 15) is 24.5 Å². The molecule has 0 bridgehead atoms. The Labute approximate surface area is 355 Å². The molecule has 3 aliphatic rings. The number of hydrogen-bond donors (Lipinski definition) is 3. The predicted octanol–water partition coefficient (Wildman–Crippen LogP) is 7.73. The highest BCUT2D eigenvalue weighted by atomic mass is 28.4. The van der Waals surface area contributed by atoms with Crippen molar-refractivity contribution in [1.29, 1.82) is 0 Å². The van der Waals surface area contributed by atoms with Gasteiger partial charge >= 0.3 is 13.1 Å². The fraction of sp³-hybridized carbons (Fsp3) is 0.367. The Balaban J connectivity index is 1.28. The molecule has 60 heavy (non-hydrogen) atoms. The van der Waals surface area contributed by atoms with Gasteiger partial charge < -0.3 is 24.3 Å². The van der Waals surface area contributed by atoms with E-state index in [1.54, 1.807) is 12.1 Å². The molecule has 9 nitrogen and oxygen atoms in total. The zero-order valence-electron chi connectivity index (χ0n) is 34.8. The maximum atomic E-state index is 14.4. The summed E-state index contributed by atoms with van der Waals surface area (Å²) in [5.41, 5.74) is 4.95. The van der Waals surface area contributed by atoms with Gasteiger partial charge in [-0.25, -0.2) is 0 Å². The molecule has 2 saturated heterocycles. The molecule has 0 spiro atoms. The van der Waals surface area contributed by atoms with Gasteiger partial charge in [0.25, 0.3) is 8.32 Å². The number of amides is 2. The molecular weight excluding hydrogens is 769 g/mol. The number of carbonyl (C=O) groups excluding carboxylic acids is 2. The predicted molar refractivity (Wildman–Crippen MR) is 238 cm³/mol. The van der Waals surface area contributed by atoms with E-state index in [1.807, 2.05) is 42.5 Å². The molecule has 2 heterocycles. The van der Waals surface area contributed by atoms with Gasteiger partial charge in [0.1, 0.15) is 5.75 Å². The van der Waals surface area contributed by atoms with Gasteiger partial charge in [0, 0.05) is 13.0 Å². The van der Waals surface area contributed by atoms with Crippen LogP contribution in [0.15, 0.2) is 126 Å². The normalized spacial score (nSPS) is 21.0. The number of benzene rings is 4. The molecule has 0 radical (unpaired) electrons. The Morgan fingerprint density at radius 1 is 0.833 bits per heavy atom. The summed E-state index contributed by atoms with van der Waals surface area (Å²) in [4.78, 5) is 41.2. The number of rotatable bonds is 16. The van der Waals surface area contributed by atoms with E-state index >= 15 is 0 Å². The van der Waals surface area contributed by atoms with Gasteiger partial charge in [0.05, 0.1) is 24.5 Å². The molecule has 312 valence electrons. The standard InChI is InChI=1S/C49H56BNO8Si/c1-49(2,3)60(39-18-10-5-11-19-39,40-20-12-6-13-21-40)58-33-37-31-41-46(48(56)51(47(41)55)29-15-7-14-22-44(53)54)42-32-50(57)59-43(45(37)42)28-25-36(35-16-8-4-9-17-35)30-34-23-26-38(52)27-24-34/h4-6,8-13,16-21,23-24,26-27,30,41-43,46,52,57H,7,14-15,22,25,28-29,31-33H2,1-3H3,(H,53,54)/b36-30-/t41-,42+,43-,46-/m1/s1. The molecular formula is C49H56BNO8Si. The topological polar surface area (TPSA) is 134 Å². The van der Waals surface area contributed by atoms with Crippen molar-refractivity contribution in [1.82, 2.24) is 4.90 Å². The number of imide groups is 1. The van der Waals surface area contributed by atoms with Crippen molar-refractivity contribution in [2.75, 3.05) is 13.2 Å². The number of aliphatic carboxylic acids is 1. The highest BCUT2D eigenvalue weighted by molar-refractivity contribution is 6.99. The number of unbranched alkanes of at least 4 members (excludes halogenated alkanes) is 2. The van der Waals surface area contributed by atoms with E-state index in [1.165, 1.54) is 4.90 Å². The van der Waals surface area contributed by atoms with Gasteiger partial charge in [-0.3, -0.25) is 19.3 Å². The second kappa shape index (κ2) is 18.7. The van der Waals surface area contributed by atoms with Crippen molar-refractivity contribution in [3.05, 3.63) is 138 Å². The fourth-order valence-electron chi connectivity index (χ4n) is 9.87. The zero-order valence-corrected chi connectivity index (χ0v) is 35.8. The summed E-state index contributed by atoms with van der Waals surface area (Å²) in [5.74, 6) is -2.75. The number of fused-ring (bicyclic) bond motifs is 3. The van der Waals surface area contributed by atoms with E-state index in [0.29, 0.717) is 38.5 Å². The van der Waals surface area contributed by atoms with Crippen LogP contribution in [-0.4, -0.2) is 72.6 Å². The third-order valence-corrected chi connectivity index (χ3v) is 17.6. The van der Waals surface area contributed by atoms with Crippen LogP contribution < -0.4 is 10.4 Å². The summed E-state index contributed by atoms with van der Waals surface area (Å²) < 4.78 is 14.0. The minimum Gasteiger partial charge on any atom is -0.508 e. The number of allylic oxidation sites excluding steroid dienone is 1. The average Bonchev–Trinajstić information content (AvgIpc) is 3.48. The van der Waals surface area contributed by atoms with E-state index in [0.717, 1.165) is 38.2 Å². The average molecular weight is 826 g/mol. The third kappa shape index (κ3) is 9.15. The number of nitrogens with zero attached hydrogens (tertiary/aromatic N) is 1. The molecule has 0 unspecified atom stereocenters. The number of carboxylic acid groups (broad SMARTS) is 1. The molecule has 4 aromatic carbocycles. The number of carbonyl (C=O) groups is 3. The summed E-state index contributed by atoms with van der Waals surface area (Å²) >= 11 is 0. The lowest BCUT2D eigenvalue weighted by Gasteiger charge is -2.46. The van der Waals surface area contributed by atoms with Crippen LogP contribution in [0.1, 0.15) is 76.8 Å². The second-order valence-corrected chi connectivity index (χ2v) is 21.8. The highest BCUT2D eigenvalue weighted by Crippen LogP contribution is 2.51. The number of aromatic hydroxyl groups is 1. The molecule has 0 saturated carbocycles. The lowest BCUT2D eigenvalue weighted by molar-refractivity contribution is -0.141. The van der Waals surface area contributed by atoms with Crippen molar-refractivity contribution >= 4 is 55.2 Å². The van der Waals surface area contributed by atoms with Crippen molar-refractivity contribution < 1.29 is 38.7 Å². The SMILES string of the molecule is CC(C)(C)[Si](OCC1=C2[C@@H](CC/C(=C/c3ccc(O)cc3)c3ccccc3)OB(O)C[C@@H]2[C@@H]2C(=O)N(CCCCCC(=O)O)C(=O)[C@@H]2C1)(c1ccccc1)c1ccccc1. The molecule has 2 fully saturated rings.